The SMILES string of the molecule is COc1cccc(NC(=O)C(=O)NC[C@@H](c2cccn2C)N2CCCCCC2)c1. The van der Waals surface area contributed by atoms with Crippen molar-refractivity contribution in [3.05, 3.63) is 48.3 Å². The lowest BCUT2D eigenvalue weighted by Crippen LogP contribution is -2.42. The minimum Gasteiger partial charge on any atom is -0.497 e. The highest BCUT2D eigenvalue weighted by atomic mass is 16.5. The third kappa shape index (κ3) is 5.60. The third-order valence-electron chi connectivity index (χ3n) is 5.40. The van der Waals surface area contributed by atoms with E-state index in [1.54, 1.807) is 31.4 Å². The number of aryl methyl sites for hydroxylation is 1. The van der Waals surface area contributed by atoms with E-state index in [9.17, 15) is 9.59 Å². The highest BCUT2D eigenvalue weighted by Gasteiger charge is 2.25. The second-order valence-corrected chi connectivity index (χ2v) is 7.41. The van der Waals surface area contributed by atoms with Gasteiger partial charge in [-0.3, -0.25) is 14.5 Å². The molecule has 1 fully saturated rings. The molecule has 2 N–H and O–H groups in total. The molecule has 7 nitrogen and oxygen atoms in total. The molecule has 0 aliphatic carbocycles. The van der Waals surface area contributed by atoms with Crippen molar-refractivity contribution in [3.8, 4) is 5.75 Å². The minimum absolute atomic E-state index is 0.0432. The van der Waals surface area contributed by atoms with Gasteiger partial charge in [0.15, 0.2) is 0 Å². The highest BCUT2D eigenvalue weighted by Crippen LogP contribution is 2.24. The molecule has 1 aliphatic rings. The molecule has 0 bridgehead atoms. The number of anilines is 1. The lowest BCUT2D eigenvalue weighted by atomic mass is 10.1. The topological polar surface area (TPSA) is 75.6 Å². The number of amides is 2. The van der Waals surface area contributed by atoms with Crippen LogP contribution in [0.2, 0.25) is 0 Å². The Hall–Kier alpha value is -2.80. The average Bonchev–Trinajstić information content (AvgIpc) is 2.98. The molecular formula is C22H30N4O3. The molecule has 1 aromatic carbocycles. The number of carbonyl (C=O) groups is 2. The number of hydrogen-bond donors (Lipinski definition) is 2. The molecule has 0 radical (unpaired) electrons. The molecule has 3 rings (SSSR count). The summed E-state index contributed by atoms with van der Waals surface area (Å²) in [5, 5.41) is 5.45. The summed E-state index contributed by atoms with van der Waals surface area (Å²) in [5.74, 6) is -0.699. The third-order valence-corrected chi connectivity index (χ3v) is 5.40. The predicted octanol–water partition coefficient (Wildman–Crippen LogP) is 2.71. The van der Waals surface area contributed by atoms with Crippen molar-refractivity contribution in [1.82, 2.24) is 14.8 Å². The maximum Gasteiger partial charge on any atom is 0.313 e. The van der Waals surface area contributed by atoms with Crippen molar-refractivity contribution in [2.45, 2.75) is 31.7 Å². The van der Waals surface area contributed by atoms with Crippen LogP contribution in [-0.2, 0) is 16.6 Å². The van der Waals surface area contributed by atoms with Crippen LogP contribution in [0.25, 0.3) is 0 Å². The van der Waals surface area contributed by atoms with Crippen LogP contribution in [0.3, 0.4) is 0 Å². The Kier molecular flexibility index (Phi) is 7.30. The van der Waals surface area contributed by atoms with Gasteiger partial charge in [0.2, 0.25) is 0 Å². The lowest BCUT2D eigenvalue weighted by molar-refractivity contribution is -0.136. The number of nitrogens with one attached hydrogen (secondary N) is 2. The molecule has 7 heteroatoms. The first kappa shape index (κ1) is 20.9. The summed E-state index contributed by atoms with van der Waals surface area (Å²) in [4.78, 5) is 27.2. The van der Waals surface area contributed by atoms with Gasteiger partial charge in [-0.25, -0.2) is 0 Å². The number of nitrogens with zero attached hydrogens (tertiary/aromatic N) is 2. The summed E-state index contributed by atoms with van der Waals surface area (Å²) >= 11 is 0. The van der Waals surface area contributed by atoms with Gasteiger partial charge in [-0.05, 0) is 50.2 Å². The van der Waals surface area contributed by atoms with E-state index in [2.05, 4.69) is 26.2 Å². The molecular weight excluding hydrogens is 368 g/mol. The molecule has 0 spiro atoms. The van der Waals surface area contributed by atoms with Crippen molar-refractivity contribution >= 4 is 17.5 Å². The molecule has 156 valence electrons. The van der Waals surface area contributed by atoms with Crippen molar-refractivity contribution in [2.24, 2.45) is 7.05 Å². The van der Waals surface area contributed by atoms with E-state index >= 15 is 0 Å². The Labute approximate surface area is 172 Å². The maximum atomic E-state index is 12.4. The van der Waals surface area contributed by atoms with Gasteiger partial charge in [0.25, 0.3) is 0 Å². The van der Waals surface area contributed by atoms with Crippen molar-refractivity contribution in [3.63, 3.8) is 0 Å². The van der Waals surface area contributed by atoms with Crippen molar-refractivity contribution < 1.29 is 14.3 Å². The van der Waals surface area contributed by atoms with E-state index in [1.165, 1.54) is 12.8 Å². The van der Waals surface area contributed by atoms with Crippen molar-refractivity contribution in [2.75, 3.05) is 32.1 Å². The maximum absolute atomic E-state index is 12.4. The first-order valence-corrected chi connectivity index (χ1v) is 10.2. The van der Waals surface area contributed by atoms with Crippen LogP contribution in [0.15, 0.2) is 42.6 Å². The summed E-state index contributed by atoms with van der Waals surface area (Å²) in [6, 6.07) is 11.1. The van der Waals surface area contributed by atoms with Crippen LogP contribution in [-0.4, -0.2) is 48.0 Å². The number of carbonyl (C=O) groups excluding carboxylic acids is 2. The van der Waals surface area contributed by atoms with Gasteiger partial charge < -0.3 is 19.9 Å². The van der Waals surface area contributed by atoms with Gasteiger partial charge in [0.05, 0.1) is 13.2 Å². The fraction of sp³-hybridized carbons (Fsp3) is 0.455. The number of aromatic nitrogens is 1. The highest BCUT2D eigenvalue weighted by molar-refractivity contribution is 6.39. The Balaban J connectivity index is 1.64. The average molecular weight is 399 g/mol. The number of hydrogen-bond acceptors (Lipinski definition) is 4. The molecule has 1 saturated heterocycles. The van der Waals surface area contributed by atoms with Crippen LogP contribution in [0, 0.1) is 0 Å². The smallest absolute Gasteiger partial charge is 0.313 e. The quantitative estimate of drug-likeness (QED) is 0.734. The summed E-state index contributed by atoms with van der Waals surface area (Å²) in [7, 11) is 3.57. The number of rotatable bonds is 6. The van der Waals surface area contributed by atoms with Crippen LogP contribution >= 0.6 is 0 Å². The molecule has 2 aromatic rings. The van der Waals surface area contributed by atoms with Crippen LogP contribution in [0.1, 0.15) is 37.4 Å². The Morgan fingerprint density at radius 1 is 1.07 bits per heavy atom. The zero-order chi connectivity index (χ0) is 20.6. The summed E-state index contributed by atoms with van der Waals surface area (Å²) < 4.78 is 7.23. The second kappa shape index (κ2) is 10.1. The molecule has 0 unspecified atom stereocenters. The first-order chi connectivity index (χ1) is 14.1. The number of benzene rings is 1. The summed E-state index contributed by atoms with van der Waals surface area (Å²) in [5.41, 5.74) is 1.66. The van der Waals surface area contributed by atoms with E-state index in [-0.39, 0.29) is 6.04 Å². The van der Waals surface area contributed by atoms with Crippen LogP contribution in [0.5, 0.6) is 5.75 Å². The summed E-state index contributed by atoms with van der Waals surface area (Å²) in [6.07, 6.45) is 6.81. The number of methoxy groups -OCH3 is 1. The number of ether oxygens (including phenoxy) is 1. The van der Waals surface area contributed by atoms with Crippen LogP contribution < -0.4 is 15.4 Å². The van der Waals surface area contributed by atoms with Gasteiger partial charge in [0, 0.05) is 37.2 Å². The Morgan fingerprint density at radius 3 is 2.48 bits per heavy atom. The number of likely N-dealkylation sites (tertiary alicyclic amines) is 1. The van der Waals surface area contributed by atoms with E-state index in [1.807, 2.05) is 19.3 Å². The second-order valence-electron chi connectivity index (χ2n) is 7.41. The Morgan fingerprint density at radius 2 is 1.83 bits per heavy atom. The standard InChI is InChI=1S/C22H30N4O3/c1-25-12-8-11-19(25)20(26-13-5-3-4-6-14-26)16-23-21(27)22(28)24-17-9-7-10-18(15-17)29-2/h7-12,15,20H,3-6,13-14,16H2,1-2H3,(H,23,27)(H,24,28)/t20-/m0/s1. The fourth-order valence-corrected chi connectivity index (χ4v) is 3.81. The van der Waals surface area contributed by atoms with Gasteiger partial charge in [0.1, 0.15) is 5.75 Å². The molecule has 1 aromatic heterocycles. The molecule has 1 aliphatic heterocycles. The van der Waals surface area contributed by atoms with Gasteiger partial charge in [-0.1, -0.05) is 18.9 Å². The van der Waals surface area contributed by atoms with Gasteiger partial charge in [-0.15, -0.1) is 0 Å². The first-order valence-electron chi connectivity index (χ1n) is 10.2. The molecule has 2 heterocycles. The van der Waals surface area contributed by atoms with E-state index in [4.69, 9.17) is 4.74 Å². The fourth-order valence-electron chi connectivity index (χ4n) is 3.81. The van der Waals surface area contributed by atoms with Gasteiger partial charge in [-0.2, -0.15) is 0 Å². The predicted molar refractivity (Wildman–Crippen MR) is 113 cm³/mol. The van der Waals surface area contributed by atoms with E-state index in [0.717, 1.165) is 31.6 Å². The summed E-state index contributed by atoms with van der Waals surface area (Å²) in [6.45, 7) is 2.39. The van der Waals surface area contributed by atoms with E-state index < -0.39 is 11.8 Å². The van der Waals surface area contributed by atoms with E-state index in [0.29, 0.717) is 18.0 Å². The zero-order valence-corrected chi connectivity index (χ0v) is 17.2. The lowest BCUT2D eigenvalue weighted by Gasteiger charge is -2.31. The monoisotopic (exact) mass is 398 g/mol. The molecule has 0 saturated carbocycles. The van der Waals surface area contributed by atoms with Gasteiger partial charge >= 0.3 is 11.8 Å². The van der Waals surface area contributed by atoms with Crippen molar-refractivity contribution in [1.29, 1.82) is 0 Å². The normalized spacial score (nSPS) is 15.9. The molecule has 2 amide bonds. The minimum atomic E-state index is -0.681. The largest absolute Gasteiger partial charge is 0.497 e. The zero-order valence-electron chi connectivity index (χ0n) is 17.2. The van der Waals surface area contributed by atoms with Crippen LogP contribution in [0.4, 0.5) is 5.69 Å². The molecule has 29 heavy (non-hydrogen) atoms. The molecule has 1 atom stereocenters. The Bertz CT molecular complexity index is 825.